The zero-order valence-electron chi connectivity index (χ0n) is 20.4. The molecule has 184 valence electrons. The second-order valence-electron chi connectivity index (χ2n) is 9.63. The van der Waals surface area contributed by atoms with Gasteiger partial charge in [-0.3, -0.25) is 9.69 Å². The second kappa shape index (κ2) is 11.7. The summed E-state index contributed by atoms with van der Waals surface area (Å²) in [6.07, 6.45) is 6.30. The fraction of sp³-hybridized carbons (Fsp3) is 0.577. The molecule has 1 saturated carbocycles. The van der Waals surface area contributed by atoms with Crippen molar-refractivity contribution in [2.75, 3.05) is 38.5 Å². The van der Waals surface area contributed by atoms with Crippen LogP contribution >= 0.6 is 0 Å². The molecule has 0 radical (unpaired) electrons. The summed E-state index contributed by atoms with van der Waals surface area (Å²) >= 11 is 0. The number of anilines is 1. The van der Waals surface area contributed by atoms with Crippen molar-refractivity contribution < 1.29 is 9.90 Å². The molecule has 2 heterocycles. The minimum atomic E-state index is -0.634. The summed E-state index contributed by atoms with van der Waals surface area (Å²) in [5.74, 6) is 0.391. The van der Waals surface area contributed by atoms with E-state index in [4.69, 9.17) is 0 Å². The largest absolute Gasteiger partial charge is 0.390 e. The van der Waals surface area contributed by atoms with Crippen molar-refractivity contribution >= 4 is 11.7 Å². The molecule has 2 aliphatic rings. The molecular weight excluding hydrogens is 428 g/mol. The molecule has 2 aromatic rings. The zero-order valence-corrected chi connectivity index (χ0v) is 20.4. The maximum atomic E-state index is 12.6. The predicted octanol–water partition coefficient (Wildman–Crippen LogP) is 2.30. The van der Waals surface area contributed by atoms with Crippen LogP contribution in [0, 0.1) is 0 Å². The zero-order chi connectivity index (χ0) is 23.9. The van der Waals surface area contributed by atoms with Crippen LogP contribution in [0.25, 0.3) is 0 Å². The first-order valence-electron chi connectivity index (χ1n) is 12.6. The number of aromatic nitrogens is 2. The maximum Gasteiger partial charge on any atom is 0.270 e. The van der Waals surface area contributed by atoms with E-state index in [2.05, 4.69) is 68.6 Å². The predicted molar refractivity (Wildman–Crippen MR) is 134 cm³/mol. The van der Waals surface area contributed by atoms with Gasteiger partial charge in [-0.15, -0.1) is 0 Å². The first-order valence-corrected chi connectivity index (χ1v) is 12.6. The van der Waals surface area contributed by atoms with Gasteiger partial charge in [-0.2, -0.15) is 0 Å². The van der Waals surface area contributed by atoms with Crippen molar-refractivity contribution in [1.82, 2.24) is 25.1 Å². The number of amides is 1. The highest BCUT2D eigenvalue weighted by atomic mass is 16.3. The van der Waals surface area contributed by atoms with Crippen molar-refractivity contribution in [1.29, 1.82) is 0 Å². The highest BCUT2D eigenvalue weighted by molar-refractivity contribution is 5.92. The van der Waals surface area contributed by atoms with Gasteiger partial charge >= 0.3 is 0 Å². The molecule has 1 aromatic heterocycles. The fourth-order valence-electron chi connectivity index (χ4n) is 5.06. The van der Waals surface area contributed by atoms with Gasteiger partial charge in [0, 0.05) is 44.3 Å². The number of fused-ring (bicyclic) bond motifs is 1. The lowest BCUT2D eigenvalue weighted by molar-refractivity contribution is 0.0838. The summed E-state index contributed by atoms with van der Waals surface area (Å²) in [7, 11) is 2.19. The number of hydrogen-bond donors (Lipinski definition) is 3. The van der Waals surface area contributed by atoms with E-state index in [1.807, 2.05) is 0 Å². The monoisotopic (exact) mass is 466 g/mol. The Morgan fingerprint density at radius 2 is 1.97 bits per heavy atom. The van der Waals surface area contributed by atoms with Crippen molar-refractivity contribution in [3.05, 3.63) is 53.5 Å². The molecule has 0 spiro atoms. The van der Waals surface area contributed by atoms with Crippen LogP contribution in [0.15, 0.2) is 36.7 Å². The number of nitrogens with zero attached hydrogens (tertiary/aromatic N) is 4. The molecule has 1 aromatic carbocycles. The number of aliphatic hydroxyl groups excluding tert-OH is 1. The molecule has 1 aliphatic heterocycles. The van der Waals surface area contributed by atoms with Crippen molar-refractivity contribution in [2.45, 2.75) is 63.8 Å². The third-order valence-corrected chi connectivity index (χ3v) is 7.25. The number of β-amino-alcohol motifs (C(OH)–C–C–N with tert-alkyl or cyclic N) is 1. The molecule has 0 saturated heterocycles. The van der Waals surface area contributed by atoms with Crippen LogP contribution in [0.2, 0.25) is 0 Å². The van der Waals surface area contributed by atoms with E-state index in [0.717, 1.165) is 38.9 Å². The number of hydrogen-bond acceptors (Lipinski definition) is 7. The number of benzene rings is 1. The van der Waals surface area contributed by atoms with E-state index in [9.17, 15) is 9.90 Å². The highest BCUT2D eigenvalue weighted by Gasteiger charge is 2.24. The van der Waals surface area contributed by atoms with Gasteiger partial charge in [-0.1, -0.05) is 31.2 Å². The topological polar surface area (TPSA) is 93.6 Å². The van der Waals surface area contributed by atoms with E-state index in [0.29, 0.717) is 30.1 Å². The lowest BCUT2D eigenvalue weighted by atomic mass is 9.90. The van der Waals surface area contributed by atoms with E-state index >= 15 is 0 Å². The lowest BCUT2D eigenvalue weighted by Gasteiger charge is -2.34. The number of aliphatic hydroxyl groups is 1. The number of carbonyl (C=O) groups is 1. The number of nitrogens with one attached hydrogen (secondary N) is 2. The molecular formula is C26H38N6O2. The normalized spacial score (nSPS) is 21.6. The van der Waals surface area contributed by atoms with Gasteiger partial charge in [0.25, 0.3) is 5.91 Å². The Balaban J connectivity index is 1.22. The fourth-order valence-corrected chi connectivity index (χ4v) is 5.06. The van der Waals surface area contributed by atoms with Crippen LogP contribution in [-0.2, 0) is 13.0 Å². The van der Waals surface area contributed by atoms with Gasteiger partial charge in [-0.05, 0) is 56.8 Å². The number of rotatable bonds is 9. The average Bonchev–Trinajstić information content (AvgIpc) is 2.87. The third-order valence-electron chi connectivity index (χ3n) is 7.25. The number of carbonyl (C=O) groups excluding carboxylic acids is 1. The SMILES string of the molecule is CCN(C)[C@H]1CC[C@H](Nc2cc(C(=O)NC[C@H](O)CN3CCc4ccccc4C3)ncn2)CC1. The van der Waals surface area contributed by atoms with Crippen LogP contribution in [0.5, 0.6) is 0 Å². The van der Waals surface area contributed by atoms with E-state index in [1.54, 1.807) is 6.07 Å². The van der Waals surface area contributed by atoms with Gasteiger partial charge in [0.15, 0.2) is 0 Å². The summed E-state index contributed by atoms with van der Waals surface area (Å²) in [6, 6.07) is 11.2. The maximum absolute atomic E-state index is 12.6. The molecule has 1 aliphatic carbocycles. The molecule has 1 amide bonds. The molecule has 3 N–H and O–H groups in total. The van der Waals surface area contributed by atoms with Gasteiger partial charge in [0.2, 0.25) is 0 Å². The van der Waals surface area contributed by atoms with Gasteiger partial charge < -0.3 is 20.6 Å². The Kier molecular flexibility index (Phi) is 8.48. The summed E-state index contributed by atoms with van der Waals surface area (Å²) in [5, 5.41) is 16.8. The highest BCUT2D eigenvalue weighted by Crippen LogP contribution is 2.24. The molecule has 8 heteroatoms. The summed E-state index contributed by atoms with van der Waals surface area (Å²) in [4.78, 5) is 25.7. The van der Waals surface area contributed by atoms with Crippen molar-refractivity contribution in [2.24, 2.45) is 0 Å². The van der Waals surface area contributed by atoms with E-state index in [-0.39, 0.29) is 12.5 Å². The Labute approximate surface area is 202 Å². The van der Waals surface area contributed by atoms with Crippen LogP contribution in [-0.4, -0.2) is 82.2 Å². The second-order valence-corrected chi connectivity index (χ2v) is 9.63. The quantitative estimate of drug-likeness (QED) is 0.522. The Bertz CT molecular complexity index is 946. The lowest BCUT2D eigenvalue weighted by Crippen LogP contribution is -2.42. The first kappa shape index (κ1) is 24.6. The van der Waals surface area contributed by atoms with Gasteiger partial charge in [0.1, 0.15) is 17.8 Å². The minimum Gasteiger partial charge on any atom is -0.390 e. The van der Waals surface area contributed by atoms with Crippen LogP contribution in [0.1, 0.15) is 54.2 Å². The third kappa shape index (κ3) is 6.52. The molecule has 0 bridgehead atoms. The molecule has 4 rings (SSSR count). The molecule has 34 heavy (non-hydrogen) atoms. The average molecular weight is 467 g/mol. The van der Waals surface area contributed by atoms with Crippen molar-refractivity contribution in [3.63, 3.8) is 0 Å². The van der Waals surface area contributed by atoms with Crippen LogP contribution in [0.4, 0.5) is 5.82 Å². The standard InChI is InChI=1S/C26H38N6O2/c1-3-31(2)22-10-8-21(9-11-22)30-25-14-24(28-18-29-25)26(34)27-15-23(33)17-32-13-12-19-6-4-5-7-20(19)16-32/h4-7,14,18,21-23,33H,3,8-13,15-17H2,1-2H3,(H,27,34)(H,28,29,30)/t21-,22-,23-/m0/s1. The van der Waals surface area contributed by atoms with Gasteiger partial charge in [0.05, 0.1) is 6.10 Å². The summed E-state index contributed by atoms with van der Waals surface area (Å²) < 4.78 is 0. The Morgan fingerprint density at radius 1 is 1.21 bits per heavy atom. The molecule has 1 fully saturated rings. The van der Waals surface area contributed by atoms with E-state index in [1.165, 1.54) is 30.3 Å². The smallest absolute Gasteiger partial charge is 0.270 e. The Hall–Kier alpha value is -2.55. The summed E-state index contributed by atoms with van der Waals surface area (Å²) in [6.45, 7) is 5.75. The van der Waals surface area contributed by atoms with Crippen LogP contribution in [0.3, 0.4) is 0 Å². The van der Waals surface area contributed by atoms with Crippen LogP contribution < -0.4 is 10.6 Å². The Morgan fingerprint density at radius 3 is 2.74 bits per heavy atom. The molecule has 8 nitrogen and oxygen atoms in total. The molecule has 0 unspecified atom stereocenters. The first-order chi connectivity index (χ1) is 16.5. The van der Waals surface area contributed by atoms with E-state index < -0.39 is 6.10 Å². The molecule has 1 atom stereocenters. The summed E-state index contributed by atoms with van der Waals surface area (Å²) in [5.41, 5.74) is 3.02. The minimum absolute atomic E-state index is 0.193. The van der Waals surface area contributed by atoms with Gasteiger partial charge in [-0.25, -0.2) is 9.97 Å². The van der Waals surface area contributed by atoms with Crippen molar-refractivity contribution in [3.8, 4) is 0 Å².